The second-order valence-electron chi connectivity index (χ2n) is 6.96. The first-order chi connectivity index (χ1) is 15.9. The third kappa shape index (κ3) is 5.61. The molecule has 0 aromatic heterocycles. The summed E-state index contributed by atoms with van der Waals surface area (Å²) in [5.74, 6) is 0.0378. The fourth-order valence-corrected chi connectivity index (χ4v) is 4.75. The number of anilines is 3. The first kappa shape index (κ1) is 23.6. The first-order valence-electron chi connectivity index (χ1n) is 10.2. The van der Waals surface area contributed by atoms with Crippen molar-refractivity contribution in [2.75, 3.05) is 35.1 Å². The van der Waals surface area contributed by atoms with Crippen LogP contribution in [0.25, 0.3) is 0 Å². The molecule has 3 aromatic carbocycles. The Bertz CT molecular complexity index is 1270. The third-order valence-corrected chi connectivity index (χ3v) is 6.70. The Labute approximate surface area is 193 Å². The highest BCUT2D eigenvalue weighted by Crippen LogP contribution is 2.30. The average molecular weight is 465 g/mol. The van der Waals surface area contributed by atoms with Crippen molar-refractivity contribution in [1.82, 2.24) is 0 Å². The Kier molecular flexibility index (Phi) is 7.53. The number of amides is 1. The van der Waals surface area contributed by atoms with Crippen molar-refractivity contribution < 1.29 is 17.9 Å². The minimum absolute atomic E-state index is 0.0682. The molecule has 0 unspecified atom stereocenters. The van der Waals surface area contributed by atoms with Crippen LogP contribution in [0.5, 0.6) is 5.75 Å². The fraction of sp³-hybridized carbons (Fsp3) is 0.167. The Hall–Kier alpha value is -4.03. The number of hydrogen-bond acceptors (Lipinski definition) is 6. The van der Waals surface area contributed by atoms with Crippen molar-refractivity contribution in [1.29, 1.82) is 5.26 Å². The molecule has 8 nitrogen and oxygen atoms in total. The van der Waals surface area contributed by atoms with Crippen LogP contribution in [0.4, 0.5) is 17.1 Å². The van der Waals surface area contributed by atoms with Crippen LogP contribution < -0.4 is 19.7 Å². The van der Waals surface area contributed by atoms with Gasteiger partial charge in [0.15, 0.2) is 0 Å². The number of benzene rings is 3. The molecule has 0 saturated heterocycles. The van der Waals surface area contributed by atoms with E-state index in [1.807, 2.05) is 12.1 Å². The lowest BCUT2D eigenvalue weighted by molar-refractivity contribution is -0.114. The maximum absolute atomic E-state index is 13.3. The molecule has 0 aliphatic heterocycles. The van der Waals surface area contributed by atoms with E-state index in [2.05, 4.69) is 10.6 Å². The number of carbonyl (C=O) groups is 1. The van der Waals surface area contributed by atoms with Crippen molar-refractivity contribution in [3.8, 4) is 11.8 Å². The van der Waals surface area contributed by atoms with Gasteiger partial charge in [0.2, 0.25) is 5.91 Å². The molecule has 0 aliphatic carbocycles. The predicted molar refractivity (Wildman–Crippen MR) is 128 cm³/mol. The molecule has 0 bridgehead atoms. The maximum Gasteiger partial charge on any atom is 0.264 e. The van der Waals surface area contributed by atoms with Gasteiger partial charge in [-0.1, -0.05) is 24.3 Å². The number of sulfonamides is 1. The van der Waals surface area contributed by atoms with E-state index in [1.54, 1.807) is 61.5 Å². The Morgan fingerprint density at radius 2 is 1.82 bits per heavy atom. The first-order valence-corrected chi connectivity index (χ1v) is 11.6. The van der Waals surface area contributed by atoms with Gasteiger partial charge in [-0.25, -0.2) is 8.42 Å². The van der Waals surface area contributed by atoms with Crippen molar-refractivity contribution >= 4 is 33.0 Å². The SMILES string of the molecule is CCN(c1ccccc1)S(=O)(=O)c1ccc(OC)c(NCC(=O)Nc2cccc(C#N)c2)c1. The molecule has 0 fully saturated rings. The molecular weight excluding hydrogens is 440 g/mol. The summed E-state index contributed by atoms with van der Waals surface area (Å²) in [6.45, 7) is 1.89. The molecule has 0 aliphatic rings. The van der Waals surface area contributed by atoms with E-state index in [0.29, 0.717) is 28.4 Å². The summed E-state index contributed by atoms with van der Waals surface area (Å²) >= 11 is 0. The van der Waals surface area contributed by atoms with Crippen LogP contribution in [0.1, 0.15) is 12.5 Å². The molecule has 0 radical (unpaired) electrons. The van der Waals surface area contributed by atoms with Crippen molar-refractivity contribution in [2.45, 2.75) is 11.8 Å². The molecule has 0 spiro atoms. The van der Waals surface area contributed by atoms with E-state index >= 15 is 0 Å². The van der Waals surface area contributed by atoms with E-state index in [0.717, 1.165) is 0 Å². The Morgan fingerprint density at radius 1 is 1.06 bits per heavy atom. The topological polar surface area (TPSA) is 112 Å². The van der Waals surface area contributed by atoms with Crippen molar-refractivity contribution in [2.24, 2.45) is 0 Å². The zero-order valence-electron chi connectivity index (χ0n) is 18.3. The fourth-order valence-electron chi connectivity index (χ4n) is 3.25. The number of nitriles is 1. The summed E-state index contributed by atoms with van der Waals surface area (Å²) < 4.78 is 33.3. The number of carbonyl (C=O) groups excluding carboxylic acids is 1. The van der Waals surface area contributed by atoms with Gasteiger partial charge in [0, 0.05) is 12.2 Å². The van der Waals surface area contributed by atoms with Crippen molar-refractivity contribution in [3.63, 3.8) is 0 Å². The monoisotopic (exact) mass is 464 g/mol. The minimum Gasteiger partial charge on any atom is -0.495 e. The number of para-hydroxylation sites is 1. The second-order valence-corrected chi connectivity index (χ2v) is 8.82. The summed E-state index contributed by atoms with van der Waals surface area (Å²) in [4.78, 5) is 12.5. The highest BCUT2D eigenvalue weighted by molar-refractivity contribution is 7.92. The summed E-state index contributed by atoms with van der Waals surface area (Å²) in [6, 6.07) is 21.9. The van der Waals surface area contributed by atoms with Crippen molar-refractivity contribution in [3.05, 3.63) is 78.4 Å². The van der Waals surface area contributed by atoms with E-state index in [-0.39, 0.29) is 23.9 Å². The quantitative estimate of drug-likeness (QED) is 0.498. The Balaban J connectivity index is 1.80. The molecule has 3 aromatic rings. The molecule has 33 heavy (non-hydrogen) atoms. The smallest absolute Gasteiger partial charge is 0.264 e. The Morgan fingerprint density at radius 3 is 2.48 bits per heavy atom. The third-order valence-electron chi connectivity index (χ3n) is 4.81. The van der Waals surface area contributed by atoms with Crippen LogP contribution in [-0.4, -0.2) is 34.5 Å². The molecule has 0 saturated carbocycles. The van der Waals surface area contributed by atoms with Gasteiger partial charge in [-0.15, -0.1) is 0 Å². The lowest BCUT2D eigenvalue weighted by Gasteiger charge is -2.23. The summed E-state index contributed by atoms with van der Waals surface area (Å²) in [5, 5.41) is 14.6. The number of ether oxygens (including phenoxy) is 1. The lowest BCUT2D eigenvalue weighted by atomic mass is 10.2. The number of hydrogen-bond donors (Lipinski definition) is 2. The van der Waals surface area contributed by atoms with Crippen LogP contribution in [0.3, 0.4) is 0 Å². The van der Waals surface area contributed by atoms with E-state index in [1.165, 1.54) is 23.5 Å². The maximum atomic E-state index is 13.3. The molecule has 170 valence electrons. The van der Waals surface area contributed by atoms with Gasteiger partial charge in [0.25, 0.3) is 10.0 Å². The lowest BCUT2D eigenvalue weighted by Crippen LogP contribution is -2.30. The summed E-state index contributed by atoms with van der Waals surface area (Å²) in [7, 11) is -2.38. The highest BCUT2D eigenvalue weighted by Gasteiger charge is 2.24. The van der Waals surface area contributed by atoms with Crippen LogP contribution in [0.2, 0.25) is 0 Å². The average Bonchev–Trinajstić information content (AvgIpc) is 2.83. The number of rotatable bonds is 9. The predicted octanol–water partition coefficient (Wildman–Crippen LogP) is 3.83. The molecule has 0 heterocycles. The number of nitrogens with zero attached hydrogens (tertiary/aromatic N) is 2. The van der Waals surface area contributed by atoms with Gasteiger partial charge in [-0.05, 0) is 55.5 Å². The minimum atomic E-state index is -3.84. The molecule has 3 rings (SSSR count). The molecule has 9 heteroatoms. The molecular formula is C24H24N4O4S. The second kappa shape index (κ2) is 10.5. The summed E-state index contributed by atoms with van der Waals surface area (Å²) in [6.07, 6.45) is 0. The van der Waals surface area contributed by atoms with Gasteiger partial charge in [0.1, 0.15) is 5.75 Å². The van der Waals surface area contributed by atoms with Crippen LogP contribution in [0.15, 0.2) is 77.7 Å². The van der Waals surface area contributed by atoms with Crippen LogP contribution >= 0.6 is 0 Å². The zero-order chi connectivity index (χ0) is 23.8. The van der Waals surface area contributed by atoms with E-state index < -0.39 is 10.0 Å². The molecule has 1 amide bonds. The van der Waals surface area contributed by atoms with Crippen LogP contribution in [-0.2, 0) is 14.8 Å². The van der Waals surface area contributed by atoms with Gasteiger partial charge in [-0.2, -0.15) is 5.26 Å². The van der Waals surface area contributed by atoms with Gasteiger partial charge >= 0.3 is 0 Å². The standard InChI is InChI=1S/C24H24N4O4S/c1-3-28(20-10-5-4-6-11-20)33(30,31)21-12-13-23(32-2)22(15-21)26-17-24(29)27-19-9-7-8-18(14-19)16-25/h4-15,26H,3,17H2,1-2H3,(H,27,29). The van der Waals surface area contributed by atoms with E-state index in [9.17, 15) is 13.2 Å². The summed E-state index contributed by atoms with van der Waals surface area (Å²) in [5.41, 5.74) is 1.85. The number of methoxy groups -OCH3 is 1. The zero-order valence-corrected chi connectivity index (χ0v) is 19.1. The van der Waals surface area contributed by atoms with Gasteiger partial charge in [0.05, 0.1) is 41.6 Å². The normalized spacial score (nSPS) is 10.7. The largest absolute Gasteiger partial charge is 0.495 e. The molecule has 2 N–H and O–H groups in total. The van der Waals surface area contributed by atoms with E-state index in [4.69, 9.17) is 10.00 Å². The molecule has 0 atom stereocenters. The highest BCUT2D eigenvalue weighted by atomic mass is 32.2. The van der Waals surface area contributed by atoms with Gasteiger partial charge < -0.3 is 15.4 Å². The number of nitrogens with one attached hydrogen (secondary N) is 2. The van der Waals surface area contributed by atoms with Crippen LogP contribution in [0, 0.1) is 11.3 Å². The van der Waals surface area contributed by atoms with Gasteiger partial charge in [-0.3, -0.25) is 9.10 Å².